The van der Waals surface area contributed by atoms with Crippen molar-refractivity contribution in [1.29, 1.82) is 0 Å². The molecule has 4 nitrogen and oxygen atoms in total. The van der Waals surface area contributed by atoms with Gasteiger partial charge in [0, 0.05) is 14.7 Å². The molecule has 1 rings (SSSR count). The molecule has 0 fully saturated rings. The van der Waals surface area contributed by atoms with E-state index in [4.69, 9.17) is 9.84 Å². The first kappa shape index (κ1) is 12.8. The Morgan fingerprint density at radius 3 is 2.62 bits per heavy atom. The number of benzene rings is 1. The molecule has 0 saturated heterocycles. The predicted octanol–water partition coefficient (Wildman–Crippen LogP) is 2.49. The van der Waals surface area contributed by atoms with Gasteiger partial charge in [0.15, 0.2) is 11.5 Å². The van der Waals surface area contributed by atoms with Gasteiger partial charge >= 0.3 is 5.97 Å². The Morgan fingerprint density at radius 2 is 2.12 bits per heavy atom. The molecule has 0 unspecified atom stereocenters. The van der Waals surface area contributed by atoms with Crippen LogP contribution in [0.15, 0.2) is 17.7 Å². The molecule has 86 valence electrons. The van der Waals surface area contributed by atoms with E-state index >= 15 is 0 Å². The Balaban J connectivity index is 3.29. The van der Waals surface area contributed by atoms with Gasteiger partial charge < -0.3 is 14.9 Å². The molecular formula is C11H11IO4. The first-order valence-electron chi connectivity index (χ1n) is 4.43. The summed E-state index contributed by atoms with van der Waals surface area (Å²) in [5.41, 5.74) is 0.586. The van der Waals surface area contributed by atoms with E-state index in [1.165, 1.54) is 20.1 Å². The van der Waals surface area contributed by atoms with Gasteiger partial charge in [0.1, 0.15) is 0 Å². The fourth-order valence-electron chi connectivity index (χ4n) is 1.16. The molecule has 16 heavy (non-hydrogen) atoms. The summed E-state index contributed by atoms with van der Waals surface area (Å²) in [6.45, 7) is 1.47. The van der Waals surface area contributed by atoms with Gasteiger partial charge in [-0.25, -0.2) is 4.79 Å². The highest BCUT2D eigenvalue weighted by Crippen LogP contribution is 2.33. The zero-order valence-electron chi connectivity index (χ0n) is 8.82. The van der Waals surface area contributed by atoms with Gasteiger partial charge in [-0.05, 0) is 47.7 Å². The van der Waals surface area contributed by atoms with Gasteiger partial charge in [-0.1, -0.05) is 0 Å². The number of ether oxygens (including phenoxy) is 1. The van der Waals surface area contributed by atoms with Crippen LogP contribution in [-0.4, -0.2) is 23.3 Å². The van der Waals surface area contributed by atoms with Gasteiger partial charge in [0.2, 0.25) is 0 Å². The number of carboxylic acid groups (broad SMARTS) is 1. The summed E-state index contributed by atoms with van der Waals surface area (Å²) in [6, 6.07) is 3.36. The first-order chi connectivity index (χ1) is 7.45. The minimum absolute atomic E-state index is 0.0523. The molecule has 2 N–H and O–H groups in total. The SMILES string of the molecule is COc1cc(I)cc(/C=C(\C)C(=O)O)c1O. The minimum Gasteiger partial charge on any atom is -0.504 e. The largest absolute Gasteiger partial charge is 0.504 e. The molecule has 0 aliphatic rings. The molecule has 5 heteroatoms. The maximum atomic E-state index is 10.7. The summed E-state index contributed by atoms with van der Waals surface area (Å²) in [5.74, 6) is -0.739. The highest BCUT2D eigenvalue weighted by Gasteiger charge is 2.09. The molecule has 0 spiro atoms. The van der Waals surface area contributed by atoms with E-state index in [9.17, 15) is 9.90 Å². The highest BCUT2D eigenvalue weighted by atomic mass is 127. The van der Waals surface area contributed by atoms with Crippen molar-refractivity contribution in [2.45, 2.75) is 6.92 Å². The summed E-state index contributed by atoms with van der Waals surface area (Å²) in [6.07, 6.45) is 1.41. The summed E-state index contributed by atoms with van der Waals surface area (Å²) >= 11 is 2.07. The fourth-order valence-corrected chi connectivity index (χ4v) is 1.77. The molecule has 0 bridgehead atoms. The van der Waals surface area contributed by atoms with Crippen LogP contribution in [0.1, 0.15) is 12.5 Å². The standard InChI is InChI=1S/C11H11IO4/c1-6(11(14)15)3-7-4-8(12)5-9(16-2)10(7)13/h3-5,13H,1-2H3,(H,14,15)/b6-3+. The fraction of sp³-hybridized carbons (Fsp3) is 0.182. The second-order valence-electron chi connectivity index (χ2n) is 3.18. The van der Waals surface area contributed by atoms with Crippen molar-refractivity contribution in [3.8, 4) is 11.5 Å². The first-order valence-corrected chi connectivity index (χ1v) is 5.51. The summed E-state index contributed by atoms with van der Waals surface area (Å²) < 4.78 is 5.84. The van der Waals surface area contributed by atoms with E-state index in [-0.39, 0.29) is 11.3 Å². The van der Waals surface area contributed by atoms with Crippen LogP contribution in [0, 0.1) is 3.57 Å². The van der Waals surface area contributed by atoms with E-state index in [1.807, 2.05) is 0 Å². The van der Waals surface area contributed by atoms with Gasteiger partial charge in [-0.3, -0.25) is 0 Å². The zero-order valence-corrected chi connectivity index (χ0v) is 11.0. The molecular weight excluding hydrogens is 323 g/mol. The molecule has 0 saturated carbocycles. The van der Waals surface area contributed by atoms with E-state index < -0.39 is 5.97 Å². The number of hydrogen-bond acceptors (Lipinski definition) is 3. The number of methoxy groups -OCH3 is 1. The monoisotopic (exact) mass is 334 g/mol. The molecule has 0 atom stereocenters. The number of carbonyl (C=O) groups is 1. The third kappa shape index (κ3) is 2.88. The molecule has 0 aromatic heterocycles. The summed E-state index contributed by atoms with van der Waals surface area (Å²) in [7, 11) is 1.45. The average Bonchev–Trinajstić information content (AvgIpc) is 2.22. The van der Waals surface area contributed by atoms with Crippen molar-refractivity contribution in [2.24, 2.45) is 0 Å². The minimum atomic E-state index is -1.02. The Labute approximate surface area is 107 Å². The van der Waals surface area contributed by atoms with Crippen LogP contribution in [0.4, 0.5) is 0 Å². The molecule has 0 aliphatic carbocycles. The number of phenols is 1. The Kier molecular flexibility index (Phi) is 4.17. The van der Waals surface area contributed by atoms with Crippen LogP contribution in [0.5, 0.6) is 11.5 Å². The van der Waals surface area contributed by atoms with Crippen molar-refractivity contribution in [1.82, 2.24) is 0 Å². The van der Waals surface area contributed by atoms with Gasteiger partial charge in [-0.2, -0.15) is 0 Å². The highest BCUT2D eigenvalue weighted by molar-refractivity contribution is 14.1. The lowest BCUT2D eigenvalue weighted by Gasteiger charge is -2.07. The van der Waals surface area contributed by atoms with Gasteiger partial charge in [0.05, 0.1) is 7.11 Å². The molecule has 0 amide bonds. The van der Waals surface area contributed by atoms with E-state index in [0.29, 0.717) is 11.3 Å². The van der Waals surface area contributed by atoms with E-state index in [2.05, 4.69) is 22.6 Å². The number of rotatable bonds is 3. The maximum Gasteiger partial charge on any atom is 0.331 e. The van der Waals surface area contributed by atoms with Crippen LogP contribution in [0.2, 0.25) is 0 Å². The number of aliphatic carboxylic acids is 1. The van der Waals surface area contributed by atoms with Crippen LogP contribution in [-0.2, 0) is 4.79 Å². The van der Waals surface area contributed by atoms with Gasteiger partial charge in [0.25, 0.3) is 0 Å². The maximum absolute atomic E-state index is 10.7. The summed E-state index contributed by atoms with van der Waals surface area (Å²) in [4.78, 5) is 10.7. The number of phenolic OH excluding ortho intramolecular Hbond substituents is 1. The number of carboxylic acids is 1. The Bertz CT molecular complexity index is 452. The van der Waals surface area contributed by atoms with Crippen LogP contribution in [0.25, 0.3) is 6.08 Å². The lowest BCUT2D eigenvalue weighted by atomic mass is 10.1. The van der Waals surface area contributed by atoms with Crippen LogP contribution >= 0.6 is 22.6 Å². The number of aromatic hydroxyl groups is 1. The third-order valence-corrected chi connectivity index (χ3v) is 2.62. The lowest BCUT2D eigenvalue weighted by molar-refractivity contribution is -0.132. The summed E-state index contributed by atoms with van der Waals surface area (Å²) in [5, 5.41) is 18.5. The average molecular weight is 334 g/mol. The number of halogens is 1. The smallest absolute Gasteiger partial charge is 0.331 e. The van der Waals surface area contributed by atoms with Crippen LogP contribution in [0.3, 0.4) is 0 Å². The quantitative estimate of drug-likeness (QED) is 0.658. The zero-order chi connectivity index (χ0) is 12.3. The Morgan fingerprint density at radius 1 is 1.50 bits per heavy atom. The van der Waals surface area contributed by atoms with Crippen molar-refractivity contribution in [2.75, 3.05) is 7.11 Å². The molecule has 0 aliphatic heterocycles. The van der Waals surface area contributed by atoms with Crippen molar-refractivity contribution < 1.29 is 19.7 Å². The molecule has 0 radical (unpaired) electrons. The molecule has 1 aromatic carbocycles. The molecule has 1 aromatic rings. The van der Waals surface area contributed by atoms with E-state index in [1.54, 1.807) is 12.1 Å². The lowest BCUT2D eigenvalue weighted by Crippen LogP contribution is -1.96. The number of hydrogen-bond donors (Lipinski definition) is 2. The second kappa shape index (κ2) is 5.20. The second-order valence-corrected chi connectivity index (χ2v) is 4.42. The topological polar surface area (TPSA) is 66.8 Å². The Hall–Kier alpha value is -1.24. The normalized spacial score (nSPS) is 11.3. The van der Waals surface area contributed by atoms with Crippen LogP contribution < -0.4 is 4.74 Å². The molecule has 0 heterocycles. The van der Waals surface area contributed by atoms with Gasteiger partial charge in [-0.15, -0.1) is 0 Å². The van der Waals surface area contributed by atoms with E-state index in [0.717, 1.165) is 3.57 Å². The third-order valence-electron chi connectivity index (χ3n) is 2.00. The van der Waals surface area contributed by atoms with Crippen molar-refractivity contribution in [3.63, 3.8) is 0 Å². The predicted molar refractivity (Wildman–Crippen MR) is 68.7 cm³/mol. The van der Waals surface area contributed by atoms with Crippen molar-refractivity contribution in [3.05, 3.63) is 26.8 Å². The van der Waals surface area contributed by atoms with Crippen molar-refractivity contribution >= 4 is 34.6 Å².